The van der Waals surface area contributed by atoms with E-state index in [9.17, 15) is 9.59 Å². The molecule has 0 fully saturated rings. The summed E-state index contributed by atoms with van der Waals surface area (Å²) < 4.78 is 0. The predicted molar refractivity (Wildman–Crippen MR) is 146 cm³/mol. The first kappa shape index (κ1) is 25.5. The third-order valence-electron chi connectivity index (χ3n) is 6.10. The van der Waals surface area contributed by atoms with Crippen LogP contribution in [0.3, 0.4) is 0 Å². The Bertz CT molecular complexity index is 1300. The number of hydrogen-bond acceptors (Lipinski definition) is 4. The van der Waals surface area contributed by atoms with Crippen molar-refractivity contribution in [2.24, 2.45) is 0 Å². The number of halogens is 1. The van der Waals surface area contributed by atoms with Gasteiger partial charge in [-0.05, 0) is 73.5 Å². The fourth-order valence-electron chi connectivity index (χ4n) is 4.42. The molecule has 36 heavy (non-hydrogen) atoms. The average molecular weight is 504 g/mol. The van der Waals surface area contributed by atoms with Crippen molar-refractivity contribution in [2.45, 2.75) is 32.7 Å². The van der Waals surface area contributed by atoms with Gasteiger partial charge in [0.15, 0.2) is 0 Å². The van der Waals surface area contributed by atoms with Gasteiger partial charge in [-0.2, -0.15) is 0 Å². The van der Waals surface area contributed by atoms with Crippen LogP contribution in [-0.2, 0) is 22.6 Å². The molecule has 3 aromatic carbocycles. The summed E-state index contributed by atoms with van der Waals surface area (Å²) in [5.41, 5.74) is 6.35. The number of hydrogen-bond donors (Lipinski definition) is 3. The molecule has 0 aliphatic carbocycles. The molecular weight excluding hydrogens is 474 g/mol. The molecule has 3 N–H and O–H groups in total. The molecule has 0 aromatic heterocycles. The molecule has 1 heterocycles. The van der Waals surface area contributed by atoms with Gasteiger partial charge in [-0.3, -0.25) is 9.59 Å². The third kappa shape index (κ3) is 6.14. The Hall–Kier alpha value is -3.61. The molecule has 0 unspecified atom stereocenters. The molecule has 6 nitrogen and oxygen atoms in total. The van der Waals surface area contributed by atoms with Crippen molar-refractivity contribution in [1.29, 1.82) is 0 Å². The highest BCUT2D eigenvalue weighted by Gasteiger charge is 2.28. The van der Waals surface area contributed by atoms with Gasteiger partial charge in [0.1, 0.15) is 0 Å². The highest BCUT2D eigenvalue weighted by molar-refractivity contribution is 6.38. The zero-order valence-electron chi connectivity index (χ0n) is 20.5. The molecule has 0 atom stereocenters. The maximum Gasteiger partial charge on any atom is 0.303 e. The monoisotopic (exact) mass is 503 g/mol. The van der Waals surface area contributed by atoms with Crippen molar-refractivity contribution in [3.05, 3.63) is 94.0 Å². The zero-order chi connectivity index (χ0) is 25.7. The SMILES string of the molecule is CCCN(C)Cc1ccc(N/C(=C2\C(=O)Nc3cc(Cl)ccc32)c2cccc(CCC(=O)O)c2)cc1. The number of carboxylic acids is 1. The van der Waals surface area contributed by atoms with E-state index in [1.807, 2.05) is 42.5 Å². The van der Waals surface area contributed by atoms with Crippen LogP contribution in [-0.4, -0.2) is 35.5 Å². The standard InChI is InChI=1S/C29H30ClN3O3/c1-3-15-33(2)18-20-7-11-23(12-8-20)31-28(21-6-4-5-19(16-21)9-14-26(34)35)27-24-13-10-22(30)17-25(24)32-29(27)36/h4-8,10-13,16-17,31H,3,9,14-15,18H2,1-2H3,(H,32,36)(H,34,35)/b28-27-. The van der Waals surface area contributed by atoms with E-state index in [1.54, 1.807) is 12.1 Å². The Balaban J connectivity index is 1.73. The van der Waals surface area contributed by atoms with E-state index in [1.165, 1.54) is 5.56 Å². The number of carbonyl (C=O) groups is 2. The summed E-state index contributed by atoms with van der Waals surface area (Å²) in [6.45, 7) is 4.07. The second-order valence-corrected chi connectivity index (χ2v) is 9.48. The highest BCUT2D eigenvalue weighted by atomic mass is 35.5. The lowest BCUT2D eigenvalue weighted by atomic mass is 9.97. The van der Waals surface area contributed by atoms with Crippen molar-refractivity contribution < 1.29 is 14.7 Å². The fraction of sp³-hybridized carbons (Fsp3) is 0.241. The summed E-state index contributed by atoms with van der Waals surface area (Å²) in [6, 6.07) is 21.2. The van der Waals surface area contributed by atoms with E-state index in [0.717, 1.165) is 41.9 Å². The molecule has 1 amide bonds. The summed E-state index contributed by atoms with van der Waals surface area (Å²) in [5.74, 6) is -1.06. The minimum atomic E-state index is -0.845. The van der Waals surface area contributed by atoms with Crippen LogP contribution in [0.4, 0.5) is 11.4 Å². The summed E-state index contributed by atoms with van der Waals surface area (Å²) in [5, 5.41) is 16.0. The second-order valence-electron chi connectivity index (χ2n) is 9.05. The van der Waals surface area contributed by atoms with Gasteiger partial charge in [-0.15, -0.1) is 0 Å². The molecule has 0 radical (unpaired) electrons. The molecule has 0 spiro atoms. The molecular formula is C29H30ClN3O3. The van der Waals surface area contributed by atoms with Crippen LogP contribution in [0.5, 0.6) is 0 Å². The second kappa shape index (κ2) is 11.4. The van der Waals surface area contributed by atoms with Crippen molar-refractivity contribution in [3.8, 4) is 0 Å². The fourth-order valence-corrected chi connectivity index (χ4v) is 4.59. The van der Waals surface area contributed by atoms with Crippen molar-refractivity contribution in [2.75, 3.05) is 24.2 Å². The van der Waals surface area contributed by atoms with Gasteiger partial charge in [0, 0.05) is 29.2 Å². The van der Waals surface area contributed by atoms with E-state index < -0.39 is 5.97 Å². The average Bonchev–Trinajstić information content (AvgIpc) is 3.17. The van der Waals surface area contributed by atoms with Crippen LogP contribution in [0.15, 0.2) is 66.7 Å². The lowest BCUT2D eigenvalue weighted by Gasteiger charge is -2.18. The van der Waals surface area contributed by atoms with E-state index in [0.29, 0.717) is 28.4 Å². The number of rotatable bonds is 10. The minimum Gasteiger partial charge on any atom is -0.481 e. The number of amides is 1. The topological polar surface area (TPSA) is 81.7 Å². The highest BCUT2D eigenvalue weighted by Crippen LogP contribution is 2.39. The molecule has 1 aliphatic heterocycles. The van der Waals surface area contributed by atoms with Crippen LogP contribution in [0.25, 0.3) is 11.3 Å². The maximum atomic E-state index is 13.1. The zero-order valence-corrected chi connectivity index (χ0v) is 21.2. The number of fused-ring (bicyclic) bond motifs is 1. The van der Waals surface area contributed by atoms with Crippen LogP contribution in [0, 0.1) is 0 Å². The third-order valence-corrected chi connectivity index (χ3v) is 6.34. The van der Waals surface area contributed by atoms with E-state index in [-0.39, 0.29) is 12.3 Å². The quantitative estimate of drug-likeness (QED) is 0.290. The van der Waals surface area contributed by atoms with E-state index in [2.05, 4.69) is 41.6 Å². The van der Waals surface area contributed by atoms with Gasteiger partial charge in [0.2, 0.25) is 0 Å². The lowest BCUT2D eigenvalue weighted by molar-refractivity contribution is -0.137. The number of aryl methyl sites for hydroxylation is 1. The number of anilines is 2. The first-order chi connectivity index (χ1) is 17.3. The Morgan fingerprint density at radius 3 is 2.56 bits per heavy atom. The summed E-state index contributed by atoms with van der Waals surface area (Å²) in [7, 11) is 2.11. The Morgan fingerprint density at radius 2 is 1.83 bits per heavy atom. The molecule has 1 aliphatic rings. The van der Waals surface area contributed by atoms with Gasteiger partial charge >= 0.3 is 5.97 Å². The Kier molecular flexibility index (Phi) is 8.08. The van der Waals surface area contributed by atoms with Crippen molar-refractivity contribution in [1.82, 2.24) is 4.90 Å². The maximum absolute atomic E-state index is 13.1. The molecule has 3 aromatic rings. The predicted octanol–water partition coefficient (Wildman–Crippen LogP) is 6.13. The van der Waals surface area contributed by atoms with Gasteiger partial charge in [0.25, 0.3) is 5.91 Å². The number of carbonyl (C=O) groups excluding carboxylic acids is 1. The van der Waals surface area contributed by atoms with Crippen LogP contribution < -0.4 is 10.6 Å². The number of nitrogens with one attached hydrogen (secondary N) is 2. The number of nitrogens with zero attached hydrogens (tertiary/aromatic N) is 1. The van der Waals surface area contributed by atoms with Crippen molar-refractivity contribution in [3.63, 3.8) is 0 Å². The van der Waals surface area contributed by atoms with Gasteiger partial charge in [-0.1, -0.05) is 54.9 Å². The number of carboxylic acid groups (broad SMARTS) is 1. The number of aliphatic carboxylic acids is 1. The Morgan fingerprint density at radius 1 is 1.06 bits per heavy atom. The summed E-state index contributed by atoms with van der Waals surface area (Å²) in [6.07, 6.45) is 1.55. The Labute approximate surface area is 216 Å². The lowest BCUT2D eigenvalue weighted by Crippen LogP contribution is -2.18. The largest absolute Gasteiger partial charge is 0.481 e. The number of benzene rings is 3. The smallest absolute Gasteiger partial charge is 0.303 e. The molecule has 0 saturated heterocycles. The summed E-state index contributed by atoms with van der Waals surface area (Å²) in [4.78, 5) is 26.5. The minimum absolute atomic E-state index is 0.0402. The molecule has 186 valence electrons. The summed E-state index contributed by atoms with van der Waals surface area (Å²) >= 11 is 6.16. The van der Waals surface area contributed by atoms with Crippen LogP contribution in [0.2, 0.25) is 5.02 Å². The molecule has 7 heteroatoms. The van der Waals surface area contributed by atoms with Crippen LogP contribution >= 0.6 is 11.6 Å². The molecule has 0 bridgehead atoms. The first-order valence-electron chi connectivity index (χ1n) is 12.0. The molecule has 0 saturated carbocycles. The van der Waals surface area contributed by atoms with Gasteiger partial charge in [0.05, 0.1) is 17.0 Å². The normalized spacial score (nSPS) is 13.9. The van der Waals surface area contributed by atoms with Gasteiger partial charge < -0.3 is 20.6 Å². The van der Waals surface area contributed by atoms with Gasteiger partial charge in [-0.25, -0.2) is 0 Å². The van der Waals surface area contributed by atoms with E-state index in [4.69, 9.17) is 16.7 Å². The van der Waals surface area contributed by atoms with Crippen LogP contribution in [0.1, 0.15) is 42.0 Å². The van der Waals surface area contributed by atoms with Crippen molar-refractivity contribution >= 4 is 46.1 Å². The molecule has 4 rings (SSSR count). The first-order valence-corrected chi connectivity index (χ1v) is 12.4. The van der Waals surface area contributed by atoms with E-state index >= 15 is 0 Å².